The molecular formula is C19H31BrN4O2. The molecular weight excluding hydrogens is 396 g/mol. The van der Waals surface area contributed by atoms with Crippen LogP contribution in [0, 0.1) is 6.92 Å². The first-order chi connectivity index (χ1) is 12.6. The molecule has 0 aliphatic rings. The fourth-order valence-electron chi connectivity index (χ4n) is 2.22. The van der Waals surface area contributed by atoms with Crippen LogP contribution in [0.2, 0.25) is 0 Å². The van der Waals surface area contributed by atoms with Gasteiger partial charge in [0, 0.05) is 49.9 Å². The normalized spacial score (nSPS) is 11.3. The zero-order valence-corrected chi connectivity index (χ0v) is 17.6. The number of aryl methyl sites for hydroxylation is 1. The number of nitrogens with one attached hydrogen (secondary N) is 3. The van der Waals surface area contributed by atoms with E-state index in [4.69, 9.17) is 4.74 Å². The van der Waals surface area contributed by atoms with Crippen LogP contribution in [0.15, 0.2) is 27.7 Å². The van der Waals surface area contributed by atoms with Gasteiger partial charge in [0.2, 0.25) is 5.91 Å². The van der Waals surface area contributed by atoms with Gasteiger partial charge in [-0.15, -0.1) is 0 Å². The summed E-state index contributed by atoms with van der Waals surface area (Å²) < 4.78 is 6.52. The first-order valence-corrected chi connectivity index (χ1v) is 9.94. The standard InChI is InChI=1S/C19H31BrN4O2/c1-4-5-12-26-13-6-10-22-19(21-3)23-11-9-18(25)24-17-8-7-16(20)14-15(17)2/h7-8,14H,4-6,9-13H2,1-3H3,(H,24,25)(H2,21,22,23). The molecule has 6 nitrogen and oxygen atoms in total. The lowest BCUT2D eigenvalue weighted by molar-refractivity contribution is -0.116. The first kappa shape index (κ1) is 22.4. The van der Waals surface area contributed by atoms with E-state index in [0.29, 0.717) is 18.9 Å². The predicted molar refractivity (Wildman–Crippen MR) is 112 cm³/mol. The van der Waals surface area contributed by atoms with Crippen molar-refractivity contribution in [3.63, 3.8) is 0 Å². The van der Waals surface area contributed by atoms with Crippen LogP contribution in [0.5, 0.6) is 0 Å². The van der Waals surface area contributed by atoms with Crippen molar-refractivity contribution >= 4 is 33.5 Å². The van der Waals surface area contributed by atoms with E-state index in [1.807, 2.05) is 25.1 Å². The van der Waals surface area contributed by atoms with Crippen molar-refractivity contribution in [3.05, 3.63) is 28.2 Å². The third-order valence-electron chi connectivity index (χ3n) is 3.73. The highest BCUT2D eigenvalue weighted by Gasteiger charge is 2.06. The maximum Gasteiger partial charge on any atom is 0.226 e. The van der Waals surface area contributed by atoms with Crippen LogP contribution in [-0.4, -0.2) is 45.2 Å². The minimum atomic E-state index is -0.0253. The molecule has 0 unspecified atom stereocenters. The molecule has 0 aliphatic carbocycles. The zero-order chi connectivity index (χ0) is 19.2. The molecule has 1 aromatic rings. The number of amides is 1. The third kappa shape index (κ3) is 9.77. The molecule has 7 heteroatoms. The molecule has 1 aromatic carbocycles. The molecule has 0 aromatic heterocycles. The van der Waals surface area contributed by atoms with Gasteiger partial charge in [-0.05, 0) is 43.5 Å². The van der Waals surface area contributed by atoms with Gasteiger partial charge >= 0.3 is 0 Å². The summed E-state index contributed by atoms with van der Waals surface area (Å²) in [5, 5.41) is 9.30. The van der Waals surface area contributed by atoms with Crippen LogP contribution < -0.4 is 16.0 Å². The molecule has 0 saturated carbocycles. The number of benzene rings is 1. The van der Waals surface area contributed by atoms with Crippen LogP contribution >= 0.6 is 15.9 Å². The molecule has 0 heterocycles. The van der Waals surface area contributed by atoms with E-state index < -0.39 is 0 Å². The average molecular weight is 427 g/mol. The number of hydrogen-bond acceptors (Lipinski definition) is 3. The van der Waals surface area contributed by atoms with E-state index in [1.165, 1.54) is 0 Å². The van der Waals surface area contributed by atoms with E-state index >= 15 is 0 Å². The van der Waals surface area contributed by atoms with Gasteiger partial charge in [0.15, 0.2) is 5.96 Å². The van der Waals surface area contributed by atoms with Gasteiger partial charge in [0.25, 0.3) is 0 Å². The van der Waals surface area contributed by atoms with Gasteiger partial charge in [-0.2, -0.15) is 0 Å². The first-order valence-electron chi connectivity index (χ1n) is 9.15. The average Bonchev–Trinajstić information content (AvgIpc) is 2.61. The molecule has 0 atom stereocenters. The Balaban J connectivity index is 2.18. The number of hydrogen-bond donors (Lipinski definition) is 3. The lowest BCUT2D eigenvalue weighted by Gasteiger charge is -2.12. The number of nitrogens with zero attached hydrogens (tertiary/aromatic N) is 1. The lowest BCUT2D eigenvalue weighted by Crippen LogP contribution is -2.39. The zero-order valence-electron chi connectivity index (χ0n) is 16.0. The van der Waals surface area contributed by atoms with Crippen LogP contribution in [0.1, 0.15) is 38.2 Å². The lowest BCUT2D eigenvalue weighted by atomic mass is 10.2. The largest absolute Gasteiger partial charge is 0.381 e. The minimum absolute atomic E-state index is 0.0253. The third-order valence-corrected chi connectivity index (χ3v) is 4.22. The second-order valence-electron chi connectivity index (χ2n) is 6.00. The van der Waals surface area contributed by atoms with Gasteiger partial charge in [-0.25, -0.2) is 0 Å². The number of ether oxygens (including phenoxy) is 1. The Bertz CT molecular complexity index is 579. The van der Waals surface area contributed by atoms with E-state index in [-0.39, 0.29) is 5.91 Å². The molecule has 1 rings (SSSR count). The topological polar surface area (TPSA) is 74.8 Å². The number of halogens is 1. The van der Waals surface area contributed by atoms with Crippen molar-refractivity contribution in [2.45, 2.75) is 39.5 Å². The van der Waals surface area contributed by atoms with Crippen molar-refractivity contribution in [3.8, 4) is 0 Å². The number of rotatable bonds is 11. The Labute approximate surface area is 165 Å². The molecule has 0 saturated heterocycles. The van der Waals surface area contributed by atoms with Crippen LogP contribution in [0.25, 0.3) is 0 Å². The van der Waals surface area contributed by atoms with E-state index in [1.54, 1.807) is 7.05 Å². The summed E-state index contributed by atoms with van der Waals surface area (Å²) in [5.74, 6) is 0.675. The maximum atomic E-state index is 12.1. The molecule has 0 bridgehead atoms. The minimum Gasteiger partial charge on any atom is -0.381 e. The molecule has 3 N–H and O–H groups in total. The van der Waals surface area contributed by atoms with Gasteiger partial charge < -0.3 is 20.7 Å². The van der Waals surface area contributed by atoms with Gasteiger partial charge in [0.05, 0.1) is 0 Å². The summed E-state index contributed by atoms with van der Waals surface area (Å²) in [5.41, 5.74) is 1.86. The number of carbonyl (C=O) groups excluding carboxylic acids is 1. The summed E-state index contributed by atoms with van der Waals surface area (Å²) in [7, 11) is 1.72. The predicted octanol–water partition coefficient (Wildman–Crippen LogP) is 3.46. The van der Waals surface area contributed by atoms with Crippen molar-refractivity contribution in [2.75, 3.05) is 38.7 Å². The smallest absolute Gasteiger partial charge is 0.226 e. The number of anilines is 1. The highest BCUT2D eigenvalue weighted by atomic mass is 79.9. The Morgan fingerprint density at radius 1 is 1.19 bits per heavy atom. The van der Waals surface area contributed by atoms with Crippen LogP contribution in [0.3, 0.4) is 0 Å². The van der Waals surface area contributed by atoms with Gasteiger partial charge in [-0.3, -0.25) is 9.79 Å². The highest BCUT2D eigenvalue weighted by molar-refractivity contribution is 9.10. The summed E-state index contributed by atoms with van der Waals surface area (Å²) in [6.45, 7) is 7.01. The monoisotopic (exact) mass is 426 g/mol. The van der Waals surface area contributed by atoms with Gasteiger partial charge in [0.1, 0.15) is 0 Å². The Morgan fingerprint density at radius 3 is 2.62 bits per heavy atom. The second kappa shape index (κ2) is 13.6. The Kier molecular flexibility index (Phi) is 11.7. The number of aliphatic imine (C=N–C) groups is 1. The fourth-order valence-corrected chi connectivity index (χ4v) is 2.70. The maximum absolute atomic E-state index is 12.1. The Hall–Kier alpha value is -1.60. The number of unbranched alkanes of at least 4 members (excludes halogenated alkanes) is 1. The molecule has 146 valence electrons. The van der Waals surface area contributed by atoms with Crippen molar-refractivity contribution in [1.82, 2.24) is 10.6 Å². The SMILES string of the molecule is CCCCOCCCNC(=NC)NCCC(=O)Nc1ccc(Br)cc1C. The number of carbonyl (C=O) groups is 1. The quantitative estimate of drug-likeness (QED) is 0.287. The summed E-state index contributed by atoms with van der Waals surface area (Å²) in [6.07, 6.45) is 3.56. The van der Waals surface area contributed by atoms with E-state index in [2.05, 4.69) is 43.8 Å². The second-order valence-corrected chi connectivity index (χ2v) is 6.92. The molecule has 0 aliphatic heterocycles. The number of guanidine groups is 1. The molecule has 0 radical (unpaired) electrons. The van der Waals surface area contributed by atoms with E-state index in [0.717, 1.165) is 54.7 Å². The van der Waals surface area contributed by atoms with Crippen molar-refractivity contribution in [2.24, 2.45) is 4.99 Å². The summed E-state index contributed by atoms with van der Waals surface area (Å²) in [4.78, 5) is 16.2. The van der Waals surface area contributed by atoms with Crippen LogP contribution in [0.4, 0.5) is 5.69 Å². The fraction of sp³-hybridized carbons (Fsp3) is 0.579. The van der Waals surface area contributed by atoms with Crippen LogP contribution in [-0.2, 0) is 9.53 Å². The molecule has 26 heavy (non-hydrogen) atoms. The summed E-state index contributed by atoms with van der Waals surface area (Å²) >= 11 is 3.42. The van der Waals surface area contributed by atoms with Crippen molar-refractivity contribution < 1.29 is 9.53 Å². The molecule has 0 spiro atoms. The van der Waals surface area contributed by atoms with E-state index in [9.17, 15) is 4.79 Å². The molecule has 0 fully saturated rings. The molecule has 1 amide bonds. The summed E-state index contributed by atoms with van der Waals surface area (Å²) in [6, 6.07) is 5.79. The van der Waals surface area contributed by atoms with Crippen molar-refractivity contribution in [1.29, 1.82) is 0 Å². The Morgan fingerprint density at radius 2 is 1.92 bits per heavy atom. The van der Waals surface area contributed by atoms with Gasteiger partial charge in [-0.1, -0.05) is 29.3 Å². The highest BCUT2D eigenvalue weighted by Crippen LogP contribution is 2.19.